The topological polar surface area (TPSA) is 116 Å². The third kappa shape index (κ3) is 4.62. The summed E-state index contributed by atoms with van der Waals surface area (Å²) in [6.45, 7) is 1.83. The summed E-state index contributed by atoms with van der Waals surface area (Å²) in [5.74, 6) is -1.64. The van der Waals surface area contributed by atoms with Crippen LogP contribution in [-0.4, -0.2) is 42.3 Å². The third-order valence-electron chi connectivity index (χ3n) is 4.64. The summed E-state index contributed by atoms with van der Waals surface area (Å²) < 4.78 is 10.6. The minimum absolute atomic E-state index is 0.0374. The van der Waals surface area contributed by atoms with Crippen molar-refractivity contribution in [3.63, 3.8) is 0 Å². The van der Waals surface area contributed by atoms with Gasteiger partial charge in [-0.25, -0.2) is 0 Å². The Balaban J connectivity index is 1.62. The number of benzene rings is 2. The van der Waals surface area contributed by atoms with E-state index in [2.05, 4.69) is 0 Å². The number of Topliss-reactive ketones (excluding diaryl/α,β-unsaturated/α-hetero) is 1. The van der Waals surface area contributed by atoms with Gasteiger partial charge in [0.2, 0.25) is 11.7 Å². The number of ether oxygens (including phenoxy) is 2. The number of nitro groups is 1. The SMILES string of the molecule is CCOc1ccccc1N1C[C@@H](C(=O)OCC(=O)c2cccc([N+](=O)[O-])c2)CC1=O. The van der Waals surface area contributed by atoms with E-state index in [-0.39, 0.29) is 30.1 Å². The lowest BCUT2D eigenvalue weighted by molar-refractivity contribution is -0.384. The number of rotatable bonds is 8. The first-order chi connectivity index (χ1) is 14.4. The Bertz CT molecular complexity index is 989. The summed E-state index contributed by atoms with van der Waals surface area (Å²) in [5.41, 5.74) is 0.427. The predicted octanol–water partition coefficient (Wildman–Crippen LogP) is 2.77. The van der Waals surface area contributed by atoms with Crippen molar-refractivity contribution in [2.75, 3.05) is 24.7 Å². The Hall–Kier alpha value is -3.75. The molecule has 156 valence electrons. The predicted molar refractivity (Wildman–Crippen MR) is 106 cm³/mol. The Morgan fingerprint density at radius 2 is 1.97 bits per heavy atom. The van der Waals surface area contributed by atoms with Crippen LogP contribution < -0.4 is 9.64 Å². The fourth-order valence-corrected chi connectivity index (χ4v) is 3.19. The maximum atomic E-state index is 12.4. The van der Waals surface area contributed by atoms with Crippen molar-refractivity contribution < 1.29 is 28.8 Å². The average molecular weight is 412 g/mol. The Morgan fingerprint density at radius 1 is 1.20 bits per heavy atom. The molecular formula is C21H20N2O7. The normalized spacial score (nSPS) is 15.7. The summed E-state index contributed by atoms with van der Waals surface area (Å²) in [5, 5.41) is 10.8. The van der Waals surface area contributed by atoms with Crippen LogP contribution in [0.1, 0.15) is 23.7 Å². The summed E-state index contributed by atoms with van der Waals surface area (Å²) in [7, 11) is 0. The first-order valence-corrected chi connectivity index (χ1v) is 9.37. The standard InChI is InChI=1S/C21H20N2O7/c1-2-29-19-9-4-3-8-17(19)22-12-15(11-20(22)25)21(26)30-13-18(24)14-6-5-7-16(10-14)23(27)28/h3-10,15H,2,11-13H2,1H3/t15-/m0/s1. The maximum absolute atomic E-state index is 12.4. The van der Waals surface area contributed by atoms with Crippen LogP contribution in [0.4, 0.5) is 11.4 Å². The molecule has 1 amide bonds. The number of carbonyl (C=O) groups is 3. The first-order valence-electron chi connectivity index (χ1n) is 9.37. The second-order valence-corrected chi connectivity index (χ2v) is 6.64. The van der Waals surface area contributed by atoms with Crippen molar-refractivity contribution in [2.24, 2.45) is 5.92 Å². The molecule has 1 atom stereocenters. The Labute approximate surface area is 172 Å². The van der Waals surface area contributed by atoms with Gasteiger partial charge in [0, 0.05) is 30.7 Å². The van der Waals surface area contributed by atoms with Crippen molar-refractivity contribution in [3.8, 4) is 5.75 Å². The van der Waals surface area contributed by atoms with Crippen molar-refractivity contribution >= 4 is 29.0 Å². The zero-order valence-corrected chi connectivity index (χ0v) is 16.3. The number of ketones is 1. The van der Waals surface area contributed by atoms with E-state index >= 15 is 0 Å². The third-order valence-corrected chi connectivity index (χ3v) is 4.64. The van der Waals surface area contributed by atoms with E-state index in [1.165, 1.54) is 23.1 Å². The second kappa shape index (κ2) is 9.17. The molecule has 0 N–H and O–H groups in total. The van der Waals surface area contributed by atoms with Crippen molar-refractivity contribution in [1.82, 2.24) is 0 Å². The molecule has 0 saturated carbocycles. The summed E-state index contributed by atoms with van der Waals surface area (Å²) in [6.07, 6.45) is -0.0374. The van der Waals surface area contributed by atoms with Crippen LogP contribution >= 0.6 is 0 Å². The van der Waals surface area contributed by atoms with E-state index in [1.807, 2.05) is 6.92 Å². The molecule has 2 aromatic carbocycles. The lowest BCUT2D eigenvalue weighted by atomic mass is 10.1. The van der Waals surface area contributed by atoms with E-state index in [0.29, 0.717) is 18.0 Å². The van der Waals surface area contributed by atoms with Gasteiger partial charge in [-0.3, -0.25) is 24.5 Å². The summed E-state index contributed by atoms with van der Waals surface area (Å²) in [4.78, 5) is 48.7. The molecule has 1 aliphatic rings. The first kappa shape index (κ1) is 21.0. The van der Waals surface area contributed by atoms with Crippen molar-refractivity contribution in [2.45, 2.75) is 13.3 Å². The van der Waals surface area contributed by atoms with Gasteiger partial charge in [-0.05, 0) is 19.1 Å². The number of esters is 1. The molecule has 0 aromatic heterocycles. The number of para-hydroxylation sites is 2. The molecule has 0 radical (unpaired) electrons. The molecule has 0 spiro atoms. The number of hydrogen-bond acceptors (Lipinski definition) is 7. The lowest BCUT2D eigenvalue weighted by Crippen LogP contribution is -2.27. The molecule has 30 heavy (non-hydrogen) atoms. The van der Waals surface area contributed by atoms with Gasteiger partial charge in [-0.15, -0.1) is 0 Å². The number of amides is 1. The number of nitro benzene ring substituents is 1. The molecule has 0 bridgehead atoms. The fourth-order valence-electron chi connectivity index (χ4n) is 3.19. The minimum atomic E-state index is -0.718. The van der Waals surface area contributed by atoms with E-state index in [4.69, 9.17) is 9.47 Å². The van der Waals surface area contributed by atoms with Gasteiger partial charge in [-0.2, -0.15) is 0 Å². The van der Waals surface area contributed by atoms with Crippen LogP contribution in [0, 0.1) is 16.0 Å². The van der Waals surface area contributed by atoms with Gasteiger partial charge in [-0.1, -0.05) is 24.3 Å². The quantitative estimate of drug-likeness (QED) is 0.283. The van der Waals surface area contributed by atoms with Crippen LogP contribution in [0.2, 0.25) is 0 Å². The molecule has 0 aliphatic carbocycles. The van der Waals surface area contributed by atoms with Gasteiger partial charge in [0.15, 0.2) is 6.61 Å². The van der Waals surface area contributed by atoms with E-state index < -0.39 is 29.2 Å². The highest BCUT2D eigenvalue weighted by Gasteiger charge is 2.37. The molecule has 1 fully saturated rings. The Morgan fingerprint density at radius 3 is 2.70 bits per heavy atom. The van der Waals surface area contributed by atoms with E-state index in [9.17, 15) is 24.5 Å². The highest BCUT2D eigenvalue weighted by Crippen LogP contribution is 2.33. The average Bonchev–Trinajstić information content (AvgIpc) is 3.14. The molecule has 2 aromatic rings. The van der Waals surface area contributed by atoms with Gasteiger partial charge in [0.1, 0.15) is 5.75 Å². The van der Waals surface area contributed by atoms with Crippen LogP contribution in [0.5, 0.6) is 5.75 Å². The number of non-ortho nitro benzene ring substituents is 1. The molecule has 3 rings (SSSR count). The zero-order valence-electron chi connectivity index (χ0n) is 16.3. The minimum Gasteiger partial charge on any atom is -0.492 e. The lowest BCUT2D eigenvalue weighted by Gasteiger charge is -2.19. The zero-order chi connectivity index (χ0) is 21.7. The number of nitrogens with zero attached hydrogens (tertiary/aromatic N) is 2. The molecule has 1 saturated heterocycles. The van der Waals surface area contributed by atoms with Crippen molar-refractivity contribution in [1.29, 1.82) is 0 Å². The van der Waals surface area contributed by atoms with Gasteiger partial charge < -0.3 is 14.4 Å². The van der Waals surface area contributed by atoms with Gasteiger partial charge >= 0.3 is 5.97 Å². The number of anilines is 1. The van der Waals surface area contributed by atoms with E-state index in [1.54, 1.807) is 24.3 Å². The largest absolute Gasteiger partial charge is 0.492 e. The van der Waals surface area contributed by atoms with Crippen LogP contribution in [-0.2, 0) is 14.3 Å². The van der Waals surface area contributed by atoms with Gasteiger partial charge in [0.05, 0.1) is 23.1 Å². The molecule has 9 nitrogen and oxygen atoms in total. The highest BCUT2D eigenvalue weighted by molar-refractivity contribution is 6.01. The summed E-state index contributed by atoms with van der Waals surface area (Å²) >= 11 is 0. The molecular weight excluding hydrogens is 392 g/mol. The van der Waals surface area contributed by atoms with Crippen LogP contribution in [0.25, 0.3) is 0 Å². The fraction of sp³-hybridized carbons (Fsp3) is 0.286. The molecule has 0 unspecified atom stereocenters. The van der Waals surface area contributed by atoms with Crippen LogP contribution in [0.15, 0.2) is 48.5 Å². The smallest absolute Gasteiger partial charge is 0.311 e. The van der Waals surface area contributed by atoms with Crippen molar-refractivity contribution in [3.05, 3.63) is 64.2 Å². The Kier molecular flexibility index (Phi) is 6.41. The second-order valence-electron chi connectivity index (χ2n) is 6.64. The molecule has 9 heteroatoms. The summed E-state index contributed by atoms with van der Waals surface area (Å²) in [6, 6.07) is 12.2. The highest BCUT2D eigenvalue weighted by atomic mass is 16.6. The number of carbonyl (C=O) groups excluding carboxylic acids is 3. The van der Waals surface area contributed by atoms with E-state index in [0.717, 1.165) is 6.07 Å². The number of hydrogen-bond donors (Lipinski definition) is 0. The molecule has 1 heterocycles. The maximum Gasteiger partial charge on any atom is 0.311 e. The molecule has 1 aliphatic heterocycles. The monoisotopic (exact) mass is 412 g/mol. The van der Waals surface area contributed by atoms with Crippen LogP contribution in [0.3, 0.4) is 0 Å². The van der Waals surface area contributed by atoms with Gasteiger partial charge in [0.25, 0.3) is 5.69 Å².